The number of thiophene rings is 1. The van der Waals surface area contributed by atoms with Crippen molar-refractivity contribution in [3.05, 3.63) is 22.4 Å². The average molecular weight is 167 g/mol. The molecule has 0 atom stereocenters. The number of nitrogen functional groups attached to an aromatic ring is 1. The molecule has 1 heterocycles. The normalized spacial score (nSPS) is 12.0. The number of hydrogen-bond acceptors (Lipinski definition) is 2. The molecule has 0 aliphatic rings. The first-order chi connectivity index (χ1) is 5.25. The molecule has 1 aromatic heterocycles. The van der Waals surface area contributed by atoms with Crippen molar-refractivity contribution in [2.75, 3.05) is 5.73 Å². The Labute approximate surface area is 71.5 Å². The van der Waals surface area contributed by atoms with E-state index in [1.807, 2.05) is 11.4 Å². The average Bonchev–Trinajstić information content (AvgIpc) is 2.36. The lowest BCUT2D eigenvalue weighted by Crippen LogP contribution is -1.84. The highest BCUT2D eigenvalue weighted by Crippen LogP contribution is 2.26. The van der Waals surface area contributed by atoms with Gasteiger partial charge in [-0.15, -0.1) is 11.3 Å². The Morgan fingerprint density at radius 2 is 2.45 bits per heavy atom. The summed E-state index contributed by atoms with van der Waals surface area (Å²) in [4.78, 5) is 1.21. The third-order valence-corrected chi connectivity index (χ3v) is 2.63. The Kier molecular flexibility index (Phi) is 2.71. The summed E-state index contributed by atoms with van der Waals surface area (Å²) < 4.78 is 0. The molecule has 1 rings (SSSR count). The Balaban J connectivity index is 2.92. The molecule has 60 valence electrons. The van der Waals surface area contributed by atoms with E-state index in [0.29, 0.717) is 0 Å². The summed E-state index contributed by atoms with van der Waals surface area (Å²) in [7, 11) is 0. The van der Waals surface area contributed by atoms with Crippen LogP contribution in [-0.2, 0) is 0 Å². The second kappa shape index (κ2) is 3.58. The van der Waals surface area contributed by atoms with Gasteiger partial charge in [0.05, 0.1) is 4.88 Å². The highest BCUT2D eigenvalue weighted by molar-refractivity contribution is 7.11. The van der Waals surface area contributed by atoms with Crippen molar-refractivity contribution in [3.63, 3.8) is 0 Å². The van der Waals surface area contributed by atoms with Crippen molar-refractivity contribution in [2.45, 2.75) is 20.3 Å². The van der Waals surface area contributed by atoms with Crippen molar-refractivity contribution in [2.24, 2.45) is 0 Å². The monoisotopic (exact) mass is 167 g/mol. The van der Waals surface area contributed by atoms with Crippen molar-refractivity contribution in [3.8, 4) is 0 Å². The molecule has 0 saturated heterocycles. The van der Waals surface area contributed by atoms with Crippen molar-refractivity contribution in [1.82, 2.24) is 0 Å². The second-order valence-electron chi connectivity index (χ2n) is 2.50. The fourth-order valence-electron chi connectivity index (χ4n) is 1.04. The minimum absolute atomic E-state index is 0.900. The van der Waals surface area contributed by atoms with E-state index in [4.69, 9.17) is 5.73 Å². The van der Waals surface area contributed by atoms with Gasteiger partial charge in [-0.05, 0) is 30.4 Å². The van der Waals surface area contributed by atoms with Crippen LogP contribution >= 0.6 is 11.3 Å². The zero-order chi connectivity index (χ0) is 8.27. The van der Waals surface area contributed by atoms with E-state index in [1.54, 1.807) is 11.3 Å². The number of allylic oxidation sites excluding steroid dienone is 2. The first kappa shape index (κ1) is 8.34. The van der Waals surface area contributed by atoms with Gasteiger partial charge in [0.15, 0.2) is 0 Å². The van der Waals surface area contributed by atoms with Crippen molar-refractivity contribution < 1.29 is 0 Å². The number of rotatable bonds is 2. The lowest BCUT2D eigenvalue weighted by Gasteiger charge is -1.97. The summed E-state index contributed by atoms with van der Waals surface area (Å²) in [5.74, 6) is 0. The van der Waals surface area contributed by atoms with Crippen LogP contribution in [0.25, 0.3) is 5.57 Å². The number of anilines is 1. The van der Waals surface area contributed by atoms with Gasteiger partial charge in [-0.1, -0.05) is 13.0 Å². The van der Waals surface area contributed by atoms with Crippen LogP contribution in [0.3, 0.4) is 0 Å². The SMILES string of the molecule is CC/C=C(\C)c1sccc1N. The van der Waals surface area contributed by atoms with Gasteiger partial charge in [-0.2, -0.15) is 0 Å². The van der Waals surface area contributed by atoms with E-state index in [2.05, 4.69) is 19.9 Å². The third kappa shape index (κ3) is 1.84. The van der Waals surface area contributed by atoms with Gasteiger partial charge in [-0.3, -0.25) is 0 Å². The van der Waals surface area contributed by atoms with E-state index < -0.39 is 0 Å². The van der Waals surface area contributed by atoms with Crippen LogP contribution in [-0.4, -0.2) is 0 Å². The van der Waals surface area contributed by atoms with Gasteiger partial charge in [0.2, 0.25) is 0 Å². The maximum absolute atomic E-state index is 5.74. The Morgan fingerprint density at radius 3 is 2.91 bits per heavy atom. The van der Waals surface area contributed by atoms with Gasteiger partial charge in [0, 0.05) is 5.69 Å². The molecule has 1 aromatic rings. The molecule has 0 amide bonds. The van der Waals surface area contributed by atoms with Crippen LogP contribution < -0.4 is 5.73 Å². The van der Waals surface area contributed by atoms with E-state index >= 15 is 0 Å². The summed E-state index contributed by atoms with van der Waals surface area (Å²) >= 11 is 1.70. The fourth-order valence-corrected chi connectivity index (χ4v) is 1.86. The quantitative estimate of drug-likeness (QED) is 0.719. The van der Waals surface area contributed by atoms with Crippen LogP contribution in [0.15, 0.2) is 17.5 Å². The molecule has 0 bridgehead atoms. The molecular weight excluding hydrogens is 154 g/mol. The molecule has 0 unspecified atom stereocenters. The molecular formula is C9H13NS. The third-order valence-electron chi connectivity index (χ3n) is 1.56. The van der Waals surface area contributed by atoms with E-state index in [1.165, 1.54) is 10.5 Å². The molecule has 0 radical (unpaired) electrons. The van der Waals surface area contributed by atoms with Crippen LogP contribution in [0.2, 0.25) is 0 Å². The molecule has 2 N–H and O–H groups in total. The molecule has 1 nitrogen and oxygen atoms in total. The fraction of sp³-hybridized carbons (Fsp3) is 0.333. The minimum Gasteiger partial charge on any atom is -0.398 e. The zero-order valence-electron chi connectivity index (χ0n) is 6.92. The minimum atomic E-state index is 0.900. The molecule has 11 heavy (non-hydrogen) atoms. The largest absolute Gasteiger partial charge is 0.398 e. The summed E-state index contributed by atoms with van der Waals surface area (Å²) in [5, 5.41) is 2.03. The van der Waals surface area contributed by atoms with Crippen LogP contribution in [0, 0.1) is 0 Å². The lowest BCUT2D eigenvalue weighted by molar-refractivity contribution is 1.22. The highest BCUT2D eigenvalue weighted by atomic mass is 32.1. The molecule has 0 aliphatic heterocycles. The number of nitrogens with two attached hydrogens (primary N) is 1. The predicted octanol–water partition coefficient (Wildman–Crippen LogP) is 3.14. The molecule has 0 aliphatic carbocycles. The van der Waals surface area contributed by atoms with Crippen LogP contribution in [0.4, 0.5) is 5.69 Å². The second-order valence-corrected chi connectivity index (χ2v) is 3.42. The summed E-state index contributed by atoms with van der Waals surface area (Å²) in [6.07, 6.45) is 3.27. The molecule has 0 saturated carbocycles. The maximum Gasteiger partial charge on any atom is 0.0525 e. The molecule has 0 spiro atoms. The Hall–Kier alpha value is -0.760. The van der Waals surface area contributed by atoms with Gasteiger partial charge >= 0.3 is 0 Å². The standard InChI is InChI=1S/C9H13NS/c1-3-4-7(2)9-8(10)5-6-11-9/h4-6H,3,10H2,1-2H3/b7-4+. The molecule has 0 fully saturated rings. The molecule has 0 aromatic carbocycles. The smallest absolute Gasteiger partial charge is 0.0525 e. The van der Waals surface area contributed by atoms with Gasteiger partial charge in [0.1, 0.15) is 0 Å². The topological polar surface area (TPSA) is 26.0 Å². The van der Waals surface area contributed by atoms with Gasteiger partial charge < -0.3 is 5.73 Å². The Bertz CT molecular complexity index is 260. The number of hydrogen-bond donors (Lipinski definition) is 1. The predicted molar refractivity (Wildman–Crippen MR) is 52.7 cm³/mol. The summed E-state index contributed by atoms with van der Waals surface area (Å²) in [6, 6.07) is 1.95. The van der Waals surface area contributed by atoms with Crippen molar-refractivity contribution >= 4 is 22.6 Å². The van der Waals surface area contributed by atoms with Gasteiger partial charge in [0.25, 0.3) is 0 Å². The maximum atomic E-state index is 5.74. The van der Waals surface area contributed by atoms with Crippen LogP contribution in [0.5, 0.6) is 0 Å². The highest BCUT2D eigenvalue weighted by Gasteiger charge is 2.00. The van der Waals surface area contributed by atoms with E-state index in [-0.39, 0.29) is 0 Å². The summed E-state index contributed by atoms with van der Waals surface area (Å²) in [5.41, 5.74) is 7.93. The summed E-state index contributed by atoms with van der Waals surface area (Å²) in [6.45, 7) is 4.24. The van der Waals surface area contributed by atoms with E-state index in [9.17, 15) is 0 Å². The van der Waals surface area contributed by atoms with E-state index in [0.717, 1.165) is 12.1 Å². The zero-order valence-corrected chi connectivity index (χ0v) is 7.74. The molecule has 2 heteroatoms. The van der Waals surface area contributed by atoms with Gasteiger partial charge in [-0.25, -0.2) is 0 Å². The first-order valence-electron chi connectivity index (χ1n) is 3.75. The van der Waals surface area contributed by atoms with Crippen LogP contribution in [0.1, 0.15) is 25.1 Å². The lowest BCUT2D eigenvalue weighted by atomic mass is 10.2. The Morgan fingerprint density at radius 1 is 1.73 bits per heavy atom. The first-order valence-corrected chi connectivity index (χ1v) is 4.63. The van der Waals surface area contributed by atoms with Crippen molar-refractivity contribution in [1.29, 1.82) is 0 Å².